The number of aliphatic hydroxyl groups is 4. The minimum absolute atomic E-state index is 0.249. The molecule has 0 heterocycles. The van der Waals surface area contributed by atoms with E-state index in [1.807, 2.05) is 0 Å². The average Bonchev–Trinajstić information content (AvgIpc) is 1.86. The number of hydrogen-bond donors (Lipinski definition) is 4. The summed E-state index contributed by atoms with van der Waals surface area (Å²) in [4.78, 5) is 9.73. The number of hydrogen-bond acceptors (Lipinski definition) is 5. The second-order valence-corrected chi connectivity index (χ2v) is 1.95. The molecule has 60 valence electrons. The van der Waals surface area contributed by atoms with Crippen LogP contribution < -0.4 is 0 Å². The maximum atomic E-state index is 9.73. The number of carbonyl (C=O) groups excluding carboxylic acids is 1. The van der Waals surface area contributed by atoms with E-state index < -0.39 is 24.9 Å². The van der Waals surface area contributed by atoms with E-state index in [9.17, 15) is 4.79 Å². The molecule has 0 saturated carbocycles. The molecule has 0 amide bonds. The van der Waals surface area contributed by atoms with Crippen molar-refractivity contribution < 1.29 is 25.2 Å². The molecular formula is C5H10O5. The van der Waals surface area contributed by atoms with Crippen molar-refractivity contribution in [3.63, 3.8) is 0 Å². The van der Waals surface area contributed by atoms with Crippen LogP contribution in [0.25, 0.3) is 0 Å². The van der Waals surface area contributed by atoms with Gasteiger partial charge in [-0.15, -0.1) is 0 Å². The number of aliphatic hydroxyl groups excluding tert-OH is 2. The summed E-state index contributed by atoms with van der Waals surface area (Å²) in [5, 5.41) is 34.2. The molecule has 0 rings (SSSR count). The van der Waals surface area contributed by atoms with Crippen LogP contribution in [0.1, 0.15) is 6.42 Å². The highest BCUT2D eigenvalue weighted by Crippen LogP contribution is 2.08. The molecule has 10 heavy (non-hydrogen) atoms. The molecule has 0 aliphatic carbocycles. The molecule has 5 nitrogen and oxygen atoms in total. The second-order valence-electron chi connectivity index (χ2n) is 1.95. The topological polar surface area (TPSA) is 98.0 Å². The summed E-state index contributed by atoms with van der Waals surface area (Å²) in [5.74, 6) is -2.50. The first-order valence-corrected chi connectivity index (χ1v) is 2.72. The number of rotatable bonds is 4. The second kappa shape index (κ2) is 3.62. The van der Waals surface area contributed by atoms with Crippen molar-refractivity contribution in [2.45, 2.75) is 18.3 Å². The Morgan fingerprint density at radius 3 is 2.30 bits per heavy atom. The van der Waals surface area contributed by atoms with Crippen LogP contribution in [0.3, 0.4) is 0 Å². The highest BCUT2D eigenvalue weighted by Gasteiger charge is 2.31. The van der Waals surface area contributed by atoms with Gasteiger partial charge in [-0.3, -0.25) is 0 Å². The van der Waals surface area contributed by atoms with Gasteiger partial charge in [0, 0.05) is 0 Å². The van der Waals surface area contributed by atoms with E-state index in [4.69, 9.17) is 20.4 Å². The number of carbonyl (C=O) groups is 1. The lowest BCUT2D eigenvalue weighted by molar-refractivity contribution is -0.231. The molecule has 0 unspecified atom stereocenters. The molecule has 0 aromatic rings. The van der Waals surface area contributed by atoms with E-state index in [1.165, 1.54) is 0 Å². The Morgan fingerprint density at radius 1 is 1.50 bits per heavy atom. The molecular weight excluding hydrogens is 140 g/mol. The van der Waals surface area contributed by atoms with Crippen LogP contribution in [0.2, 0.25) is 0 Å². The standard InChI is InChI=1S/C5H10O5/c6-2-1-5(9,10)4(8)3-7/h2,4,7-10H,1,3H2/t4-/m1/s1. The fraction of sp³-hybridized carbons (Fsp3) is 0.800. The maximum absolute atomic E-state index is 9.73. The molecule has 4 N–H and O–H groups in total. The lowest BCUT2D eigenvalue weighted by Crippen LogP contribution is -2.44. The summed E-state index contributed by atoms with van der Waals surface area (Å²) in [5.41, 5.74) is 0. The summed E-state index contributed by atoms with van der Waals surface area (Å²) < 4.78 is 0. The monoisotopic (exact) mass is 150 g/mol. The summed E-state index contributed by atoms with van der Waals surface area (Å²) in [6.45, 7) is -0.791. The van der Waals surface area contributed by atoms with Crippen LogP contribution in [0.4, 0.5) is 0 Å². The van der Waals surface area contributed by atoms with Crippen LogP contribution in [0, 0.1) is 0 Å². The highest BCUT2D eigenvalue weighted by molar-refractivity contribution is 5.50. The molecule has 0 spiro atoms. The fourth-order valence-electron chi connectivity index (χ4n) is 0.405. The third-order valence-corrected chi connectivity index (χ3v) is 1.09. The molecule has 5 heteroatoms. The SMILES string of the molecule is O=CCC(O)(O)[C@H](O)CO. The van der Waals surface area contributed by atoms with Gasteiger partial charge in [-0.2, -0.15) is 0 Å². The predicted octanol–water partition coefficient (Wildman–Crippen LogP) is -2.39. The third-order valence-electron chi connectivity index (χ3n) is 1.09. The van der Waals surface area contributed by atoms with Gasteiger partial charge >= 0.3 is 0 Å². The Kier molecular flexibility index (Phi) is 3.45. The van der Waals surface area contributed by atoms with Crippen LogP contribution in [-0.4, -0.2) is 45.2 Å². The van der Waals surface area contributed by atoms with Gasteiger partial charge in [0.2, 0.25) is 0 Å². The van der Waals surface area contributed by atoms with Gasteiger partial charge in [0.1, 0.15) is 12.4 Å². The van der Waals surface area contributed by atoms with E-state index in [-0.39, 0.29) is 6.29 Å². The Hall–Kier alpha value is -0.490. The first kappa shape index (κ1) is 9.51. The fourth-order valence-corrected chi connectivity index (χ4v) is 0.405. The Labute approximate surface area is 57.5 Å². The van der Waals surface area contributed by atoms with E-state index in [0.29, 0.717) is 0 Å². The minimum atomic E-state index is -2.50. The molecule has 0 aromatic heterocycles. The molecule has 0 saturated heterocycles. The lowest BCUT2D eigenvalue weighted by Gasteiger charge is -2.23. The molecule has 0 fully saturated rings. The Bertz CT molecular complexity index is 111. The quantitative estimate of drug-likeness (QED) is 0.265. The van der Waals surface area contributed by atoms with Gasteiger partial charge in [0.15, 0.2) is 5.79 Å². The average molecular weight is 150 g/mol. The lowest BCUT2D eigenvalue weighted by atomic mass is 10.1. The Morgan fingerprint density at radius 2 is 2.00 bits per heavy atom. The van der Waals surface area contributed by atoms with Crippen molar-refractivity contribution in [1.82, 2.24) is 0 Å². The van der Waals surface area contributed by atoms with Crippen LogP contribution in [-0.2, 0) is 4.79 Å². The molecule has 0 bridgehead atoms. The third kappa shape index (κ3) is 2.40. The zero-order chi connectivity index (χ0) is 8.20. The van der Waals surface area contributed by atoms with Crippen LogP contribution >= 0.6 is 0 Å². The zero-order valence-corrected chi connectivity index (χ0v) is 5.27. The number of aldehydes is 1. The van der Waals surface area contributed by atoms with Crippen molar-refractivity contribution >= 4 is 6.29 Å². The molecule has 0 aliphatic rings. The largest absolute Gasteiger partial charge is 0.393 e. The summed E-state index contributed by atoms with van der Waals surface area (Å²) in [6.07, 6.45) is -2.06. The first-order chi connectivity index (χ1) is 4.54. The normalized spacial score (nSPS) is 14.8. The van der Waals surface area contributed by atoms with E-state index in [0.717, 1.165) is 0 Å². The summed E-state index contributed by atoms with van der Waals surface area (Å²) in [7, 11) is 0. The van der Waals surface area contributed by atoms with Gasteiger partial charge in [-0.1, -0.05) is 0 Å². The van der Waals surface area contributed by atoms with E-state index in [1.54, 1.807) is 0 Å². The van der Waals surface area contributed by atoms with Crippen molar-refractivity contribution in [3.8, 4) is 0 Å². The van der Waals surface area contributed by atoms with Crippen LogP contribution in [0.5, 0.6) is 0 Å². The van der Waals surface area contributed by atoms with Crippen molar-refractivity contribution in [1.29, 1.82) is 0 Å². The smallest absolute Gasteiger partial charge is 0.198 e. The van der Waals surface area contributed by atoms with E-state index in [2.05, 4.69) is 0 Å². The minimum Gasteiger partial charge on any atom is -0.393 e. The van der Waals surface area contributed by atoms with Gasteiger partial charge in [0.25, 0.3) is 0 Å². The van der Waals surface area contributed by atoms with Crippen LogP contribution in [0.15, 0.2) is 0 Å². The van der Waals surface area contributed by atoms with Gasteiger partial charge < -0.3 is 25.2 Å². The molecule has 0 radical (unpaired) electrons. The van der Waals surface area contributed by atoms with Crippen molar-refractivity contribution in [2.24, 2.45) is 0 Å². The highest BCUT2D eigenvalue weighted by atomic mass is 16.5. The van der Waals surface area contributed by atoms with Crippen molar-refractivity contribution in [2.75, 3.05) is 6.61 Å². The van der Waals surface area contributed by atoms with E-state index >= 15 is 0 Å². The molecule has 0 aromatic carbocycles. The van der Waals surface area contributed by atoms with Gasteiger partial charge in [0.05, 0.1) is 13.0 Å². The molecule has 0 aliphatic heterocycles. The summed E-state index contributed by atoms with van der Waals surface area (Å²) in [6, 6.07) is 0. The first-order valence-electron chi connectivity index (χ1n) is 2.72. The molecule has 1 atom stereocenters. The van der Waals surface area contributed by atoms with Gasteiger partial charge in [-0.25, -0.2) is 0 Å². The van der Waals surface area contributed by atoms with Gasteiger partial charge in [-0.05, 0) is 0 Å². The maximum Gasteiger partial charge on any atom is 0.198 e. The predicted molar refractivity (Wildman–Crippen MR) is 30.9 cm³/mol. The Balaban J connectivity index is 3.94. The summed E-state index contributed by atoms with van der Waals surface area (Å²) >= 11 is 0. The van der Waals surface area contributed by atoms with Crippen molar-refractivity contribution in [3.05, 3.63) is 0 Å². The zero-order valence-electron chi connectivity index (χ0n) is 5.27.